The van der Waals surface area contributed by atoms with Gasteiger partial charge < -0.3 is 34.8 Å². The summed E-state index contributed by atoms with van der Waals surface area (Å²) in [5.74, 6) is 1.47. The van der Waals surface area contributed by atoms with E-state index in [1.165, 1.54) is 6.20 Å². The predicted octanol–water partition coefficient (Wildman–Crippen LogP) is 5.60. The van der Waals surface area contributed by atoms with Crippen LogP contribution in [0, 0.1) is 18.3 Å². The molecule has 0 spiro atoms. The first-order valence-electron chi connectivity index (χ1n) is 14.4. The molecule has 0 fully saturated rings. The Hall–Kier alpha value is -3.88. The van der Waals surface area contributed by atoms with E-state index in [0.717, 1.165) is 33.4 Å². The molecule has 236 valence electrons. The fourth-order valence-corrected chi connectivity index (χ4v) is 5.07. The van der Waals surface area contributed by atoms with Gasteiger partial charge in [-0.1, -0.05) is 53.5 Å². The van der Waals surface area contributed by atoms with Gasteiger partial charge in [-0.2, -0.15) is 5.26 Å². The van der Waals surface area contributed by atoms with Crippen LogP contribution in [0.15, 0.2) is 67.0 Å². The fourth-order valence-electron chi connectivity index (χ4n) is 4.55. The number of aromatic nitrogens is 1. The van der Waals surface area contributed by atoms with Crippen molar-refractivity contribution in [3.05, 3.63) is 105 Å². The molecule has 0 radical (unpaired) electrons. The molecular formula is C34H35Cl2N3O6. The Morgan fingerprint density at radius 3 is 2.47 bits per heavy atom. The first kappa shape index (κ1) is 34.0. The van der Waals surface area contributed by atoms with Crippen LogP contribution < -0.4 is 19.5 Å². The van der Waals surface area contributed by atoms with Crippen molar-refractivity contribution in [3.8, 4) is 34.4 Å². The molecule has 4 rings (SSSR count). The first-order valence-corrected chi connectivity index (χ1v) is 15.1. The summed E-state index contributed by atoms with van der Waals surface area (Å²) in [6.45, 7) is 2.91. The number of hydrogen-bond acceptors (Lipinski definition) is 9. The minimum absolute atomic E-state index is 0.0398. The zero-order chi connectivity index (χ0) is 32.2. The van der Waals surface area contributed by atoms with Gasteiger partial charge in [-0.15, -0.1) is 0 Å². The number of aliphatic hydroxyl groups excluding tert-OH is 3. The van der Waals surface area contributed by atoms with E-state index in [2.05, 4.69) is 16.4 Å². The smallest absolute Gasteiger partial charge is 0.142 e. The minimum Gasteiger partial charge on any atom is -0.492 e. The van der Waals surface area contributed by atoms with Crippen LogP contribution in [0.4, 0.5) is 0 Å². The molecule has 0 bridgehead atoms. The van der Waals surface area contributed by atoms with Gasteiger partial charge in [0.1, 0.15) is 36.5 Å². The molecule has 45 heavy (non-hydrogen) atoms. The van der Waals surface area contributed by atoms with Crippen LogP contribution in [0.5, 0.6) is 17.2 Å². The van der Waals surface area contributed by atoms with Crippen LogP contribution in [0.1, 0.15) is 34.2 Å². The van der Waals surface area contributed by atoms with E-state index < -0.39 is 6.10 Å². The van der Waals surface area contributed by atoms with Crippen molar-refractivity contribution >= 4 is 23.2 Å². The van der Waals surface area contributed by atoms with Crippen molar-refractivity contribution in [1.29, 1.82) is 5.26 Å². The number of pyridine rings is 1. The van der Waals surface area contributed by atoms with Crippen molar-refractivity contribution in [3.63, 3.8) is 0 Å². The Kier molecular flexibility index (Phi) is 12.8. The van der Waals surface area contributed by atoms with Crippen LogP contribution in [-0.2, 0) is 19.8 Å². The lowest BCUT2D eigenvalue weighted by atomic mass is 9.96. The van der Waals surface area contributed by atoms with E-state index in [1.54, 1.807) is 30.5 Å². The van der Waals surface area contributed by atoms with E-state index in [1.807, 2.05) is 37.3 Å². The van der Waals surface area contributed by atoms with Crippen molar-refractivity contribution in [2.24, 2.45) is 0 Å². The number of aliphatic hydroxyl groups is 3. The van der Waals surface area contributed by atoms with Gasteiger partial charge in [-0.3, -0.25) is 4.98 Å². The molecule has 3 aromatic carbocycles. The monoisotopic (exact) mass is 651 g/mol. The molecule has 0 aliphatic rings. The van der Waals surface area contributed by atoms with Crippen LogP contribution in [-0.4, -0.2) is 52.8 Å². The number of hydrogen-bond donors (Lipinski definition) is 4. The molecule has 4 N–H and O–H groups in total. The highest BCUT2D eigenvalue weighted by atomic mass is 35.5. The van der Waals surface area contributed by atoms with Gasteiger partial charge in [-0.25, -0.2) is 0 Å². The minimum atomic E-state index is -0.901. The Bertz CT molecular complexity index is 1630. The summed E-state index contributed by atoms with van der Waals surface area (Å²) in [5, 5.41) is 41.1. The Morgan fingerprint density at radius 2 is 1.69 bits per heavy atom. The van der Waals surface area contributed by atoms with Gasteiger partial charge in [0, 0.05) is 61.3 Å². The van der Waals surface area contributed by atoms with Gasteiger partial charge >= 0.3 is 0 Å². The highest BCUT2D eigenvalue weighted by Crippen LogP contribution is 2.38. The highest BCUT2D eigenvalue weighted by molar-refractivity contribution is 6.35. The van der Waals surface area contributed by atoms with E-state index in [9.17, 15) is 10.4 Å². The summed E-state index contributed by atoms with van der Waals surface area (Å²) < 4.78 is 18.1. The molecule has 4 aromatic rings. The Morgan fingerprint density at radius 1 is 0.911 bits per heavy atom. The normalized spacial score (nSPS) is 11.6. The van der Waals surface area contributed by atoms with Crippen LogP contribution in [0.2, 0.25) is 10.0 Å². The topological polar surface area (TPSA) is 137 Å². The number of nitrogens with one attached hydrogen (secondary N) is 1. The number of rotatable bonds is 16. The number of benzene rings is 3. The van der Waals surface area contributed by atoms with E-state index >= 15 is 0 Å². The molecule has 1 heterocycles. The van der Waals surface area contributed by atoms with Crippen LogP contribution in [0.3, 0.4) is 0 Å². The van der Waals surface area contributed by atoms with Gasteiger partial charge in [0.15, 0.2) is 0 Å². The SMILES string of the molecule is Cc1c(COc2cc(OCc3cncc(C#N)c3)c(CNC[C@H](O)CO)cc2Cl)cccc1-c1cccc(OCCCO)c1Cl. The number of halogens is 2. The van der Waals surface area contributed by atoms with E-state index in [0.29, 0.717) is 52.4 Å². The summed E-state index contributed by atoms with van der Waals surface area (Å²) in [6, 6.07) is 18.7. The summed E-state index contributed by atoms with van der Waals surface area (Å²) >= 11 is 13.4. The molecule has 0 saturated carbocycles. The first-order chi connectivity index (χ1) is 21.8. The molecule has 1 aromatic heterocycles. The molecular weight excluding hydrogens is 617 g/mol. The van der Waals surface area contributed by atoms with Crippen molar-refractivity contribution in [1.82, 2.24) is 10.3 Å². The molecule has 9 nitrogen and oxygen atoms in total. The van der Waals surface area contributed by atoms with E-state index in [-0.39, 0.29) is 33.0 Å². The molecule has 0 amide bonds. The maximum atomic E-state index is 9.73. The zero-order valence-electron chi connectivity index (χ0n) is 24.8. The van der Waals surface area contributed by atoms with E-state index in [4.69, 9.17) is 47.6 Å². The average molecular weight is 653 g/mol. The second kappa shape index (κ2) is 17.0. The van der Waals surface area contributed by atoms with Crippen molar-refractivity contribution in [2.75, 3.05) is 26.4 Å². The third kappa shape index (κ3) is 9.31. The van der Waals surface area contributed by atoms with Crippen molar-refractivity contribution < 1.29 is 29.5 Å². The Balaban J connectivity index is 1.55. The number of ether oxygens (including phenoxy) is 3. The second-order valence-corrected chi connectivity index (χ2v) is 11.0. The fraction of sp³-hybridized carbons (Fsp3) is 0.294. The maximum absolute atomic E-state index is 9.73. The Labute approximate surface area is 272 Å². The number of nitriles is 1. The average Bonchev–Trinajstić information content (AvgIpc) is 3.05. The summed E-state index contributed by atoms with van der Waals surface area (Å²) in [4.78, 5) is 4.09. The lowest BCUT2D eigenvalue weighted by Gasteiger charge is -2.18. The second-order valence-electron chi connectivity index (χ2n) is 10.3. The summed E-state index contributed by atoms with van der Waals surface area (Å²) in [6.07, 6.45) is 2.72. The lowest BCUT2D eigenvalue weighted by molar-refractivity contribution is 0.0941. The molecule has 0 aliphatic carbocycles. The highest BCUT2D eigenvalue weighted by Gasteiger charge is 2.16. The molecule has 0 aliphatic heterocycles. The zero-order valence-corrected chi connectivity index (χ0v) is 26.3. The van der Waals surface area contributed by atoms with Gasteiger partial charge in [0.2, 0.25) is 0 Å². The molecule has 1 atom stereocenters. The standard InChI is InChI=1S/C34H35Cl2N3O6/c1-22-25(5-2-6-28(22)29-7-3-8-31(34(29)36)43-10-4-9-40)21-45-33-13-32(44-20-24-11-23(14-37)15-38-16-24)26(12-30(33)35)17-39-18-27(42)19-41/h2-3,5-8,11-13,15-16,27,39-42H,4,9-10,17-21H2,1H3/t27-/m0/s1. The summed E-state index contributed by atoms with van der Waals surface area (Å²) in [5.41, 5.74) is 5.53. The predicted molar refractivity (Wildman–Crippen MR) is 173 cm³/mol. The lowest BCUT2D eigenvalue weighted by Crippen LogP contribution is -2.29. The number of nitrogens with zero attached hydrogens (tertiary/aromatic N) is 2. The van der Waals surface area contributed by atoms with Gasteiger partial charge in [0.25, 0.3) is 0 Å². The summed E-state index contributed by atoms with van der Waals surface area (Å²) in [7, 11) is 0. The quantitative estimate of drug-likeness (QED) is 0.114. The third-order valence-electron chi connectivity index (χ3n) is 6.98. The largest absolute Gasteiger partial charge is 0.492 e. The molecule has 0 saturated heterocycles. The molecule has 0 unspecified atom stereocenters. The third-order valence-corrected chi connectivity index (χ3v) is 7.67. The van der Waals surface area contributed by atoms with Crippen molar-refractivity contribution in [2.45, 2.75) is 39.2 Å². The van der Waals surface area contributed by atoms with Crippen LogP contribution >= 0.6 is 23.2 Å². The van der Waals surface area contributed by atoms with Gasteiger partial charge in [0.05, 0.1) is 34.9 Å². The maximum Gasteiger partial charge on any atom is 0.142 e. The molecule has 11 heteroatoms. The van der Waals surface area contributed by atoms with Gasteiger partial charge in [-0.05, 0) is 41.8 Å². The van der Waals surface area contributed by atoms with Crippen LogP contribution in [0.25, 0.3) is 11.1 Å².